The van der Waals surface area contributed by atoms with Crippen molar-refractivity contribution >= 4 is 23.3 Å². The average molecular weight is 409 g/mol. The summed E-state index contributed by atoms with van der Waals surface area (Å²) >= 11 is 6.19. The highest BCUT2D eigenvalue weighted by molar-refractivity contribution is 6.30. The van der Waals surface area contributed by atoms with Crippen molar-refractivity contribution in [1.29, 1.82) is 5.41 Å². The molecule has 3 aliphatic rings. The third-order valence-electron chi connectivity index (χ3n) is 6.62. The van der Waals surface area contributed by atoms with Gasteiger partial charge in [0.1, 0.15) is 5.84 Å². The van der Waals surface area contributed by atoms with Crippen LogP contribution in [0.15, 0.2) is 48.5 Å². The van der Waals surface area contributed by atoms with Crippen LogP contribution in [0.4, 0.5) is 0 Å². The van der Waals surface area contributed by atoms with E-state index in [1.807, 2.05) is 30.3 Å². The summed E-state index contributed by atoms with van der Waals surface area (Å²) < 4.78 is 5.75. The molecule has 2 aromatic rings. The molecule has 5 heteroatoms. The number of amidine groups is 1. The maximum Gasteiger partial charge on any atom is 0.239 e. The van der Waals surface area contributed by atoms with E-state index in [1.54, 1.807) is 4.90 Å². The second-order valence-electron chi connectivity index (χ2n) is 8.51. The van der Waals surface area contributed by atoms with E-state index in [2.05, 4.69) is 18.2 Å². The van der Waals surface area contributed by atoms with Crippen molar-refractivity contribution in [2.24, 2.45) is 5.92 Å². The zero-order valence-corrected chi connectivity index (χ0v) is 17.1. The Morgan fingerprint density at radius 1 is 1.10 bits per heavy atom. The topological polar surface area (TPSA) is 53.4 Å². The van der Waals surface area contributed by atoms with Crippen LogP contribution in [0.1, 0.15) is 37.7 Å². The molecule has 3 fully saturated rings. The Bertz CT molecular complexity index is 965. The highest BCUT2D eigenvalue weighted by Crippen LogP contribution is 2.54. The van der Waals surface area contributed by atoms with Crippen molar-refractivity contribution in [1.82, 2.24) is 4.90 Å². The van der Waals surface area contributed by atoms with Gasteiger partial charge in [0, 0.05) is 18.1 Å². The van der Waals surface area contributed by atoms with Crippen molar-refractivity contribution in [3.63, 3.8) is 0 Å². The fourth-order valence-electron chi connectivity index (χ4n) is 4.98. The number of ether oxygens (including phenoxy) is 1. The summed E-state index contributed by atoms with van der Waals surface area (Å²) in [5, 5.41) is 9.30. The highest BCUT2D eigenvalue weighted by Gasteiger charge is 2.59. The molecule has 0 radical (unpaired) electrons. The molecule has 1 N–H and O–H groups in total. The van der Waals surface area contributed by atoms with Crippen LogP contribution in [-0.2, 0) is 14.9 Å². The van der Waals surface area contributed by atoms with Crippen LogP contribution >= 0.6 is 11.6 Å². The Balaban J connectivity index is 1.51. The number of hydrogen-bond acceptors (Lipinski definition) is 3. The Hall–Kier alpha value is -2.17. The first-order chi connectivity index (χ1) is 14.1. The fraction of sp³-hybridized carbons (Fsp3) is 0.417. The Labute approximate surface area is 176 Å². The fourth-order valence-corrected chi connectivity index (χ4v) is 5.17. The van der Waals surface area contributed by atoms with Gasteiger partial charge in [-0.05, 0) is 60.4 Å². The molecule has 1 aliphatic carbocycles. The van der Waals surface area contributed by atoms with Crippen molar-refractivity contribution < 1.29 is 9.53 Å². The molecular weight excluding hydrogens is 384 g/mol. The van der Waals surface area contributed by atoms with Crippen LogP contribution in [0, 0.1) is 11.3 Å². The minimum absolute atomic E-state index is 0.0621. The third kappa shape index (κ3) is 3.28. The Morgan fingerprint density at radius 2 is 1.86 bits per heavy atom. The van der Waals surface area contributed by atoms with Crippen LogP contribution < -0.4 is 0 Å². The van der Waals surface area contributed by atoms with Gasteiger partial charge in [0.25, 0.3) is 0 Å². The lowest BCUT2D eigenvalue weighted by molar-refractivity contribution is -0.132. The number of benzene rings is 2. The second-order valence-corrected chi connectivity index (χ2v) is 8.95. The number of carbonyl (C=O) groups is 1. The smallest absolute Gasteiger partial charge is 0.239 e. The molecule has 2 saturated heterocycles. The van der Waals surface area contributed by atoms with Gasteiger partial charge in [-0.2, -0.15) is 0 Å². The largest absolute Gasteiger partial charge is 0.376 e. The standard InChI is InChI=1S/C24H25ClN2O2/c25-20-7-2-5-17(13-20)16-4-1-6-19(12-16)24(18-9-10-18)14-22(26)27(23(24)28)15-21-8-3-11-29-21/h1-2,4-7,12-13,18,21,26H,3,8-11,14-15H2. The van der Waals surface area contributed by atoms with Gasteiger partial charge in [-0.3, -0.25) is 15.1 Å². The molecule has 5 rings (SSSR count). The molecule has 2 unspecified atom stereocenters. The van der Waals surface area contributed by atoms with E-state index >= 15 is 0 Å². The first kappa shape index (κ1) is 18.8. The van der Waals surface area contributed by atoms with E-state index in [0.29, 0.717) is 29.7 Å². The maximum atomic E-state index is 13.7. The first-order valence-electron chi connectivity index (χ1n) is 10.5. The third-order valence-corrected chi connectivity index (χ3v) is 6.85. The van der Waals surface area contributed by atoms with Crippen molar-refractivity contribution in [2.75, 3.05) is 13.2 Å². The molecule has 0 aromatic heterocycles. The minimum Gasteiger partial charge on any atom is -0.376 e. The van der Waals surface area contributed by atoms with Gasteiger partial charge in [0.05, 0.1) is 18.1 Å². The van der Waals surface area contributed by atoms with E-state index in [9.17, 15) is 4.79 Å². The van der Waals surface area contributed by atoms with Gasteiger partial charge >= 0.3 is 0 Å². The van der Waals surface area contributed by atoms with Crippen molar-refractivity contribution in [2.45, 2.75) is 43.6 Å². The number of carbonyl (C=O) groups excluding carboxylic acids is 1. The molecule has 150 valence electrons. The molecule has 2 aromatic carbocycles. The molecular formula is C24H25ClN2O2. The van der Waals surface area contributed by atoms with Gasteiger partial charge in [-0.1, -0.05) is 48.0 Å². The lowest BCUT2D eigenvalue weighted by Gasteiger charge is -2.29. The Kier molecular flexibility index (Phi) is 4.72. The summed E-state index contributed by atoms with van der Waals surface area (Å²) in [5.41, 5.74) is 2.52. The van der Waals surface area contributed by atoms with Gasteiger partial charge in [-0.25, -0.2) is 0 Å². The molecule has 2 atom stereocenters. The van der Waals surface area contributed by atoms with Crippen LogP contribution in [0.2, 0.25) is 5.02 Å². The summed E-state index contributed by atoms with van der Waals surface area (Å²) in [4.78, 5) is 15.4. The summed E-state index contributed by atoms with van der Waals surface area (Å²) in [7, 11) is 0. The average Bonchev–Trinajstić information content (AvgIpc) is 3.39. The van der Waals surface area contributed by atoms with Gasteiger partial charge in [0.2, 0.25) is 5.91 Å². The lowest BCUT2D eigenvalue weighted by Crippen LogP contribution is -2.43. The van der Waals surface area contributed by atoms with E-state index in [0.717, 1.165) is 49.0 Å². The van der Waals surface area contributed by atoms with Crippen molar-refractivity contribution in [3.8, 4) is 11.1 Å². The number of nitrogens with zero attached hydrogens (tertiary/aromatic N) is 1. The first-order valence-corrected chi connectivity index (χ1v) is 10.8. The number of likely N-dealkylation sites (tertiary alicyclic amines) is 1. The van der Waals surface area contributed by atoms with E-state index < -0.39 is 5.41 Å². The number of amides is 1. The molecule has 1 amide bonds. The molecule has 4 nitrogen and oxygen atoms in total. The molecule has 0 spiro atoms. The molecule has 29 heavy (non-hydrogen) atoms. The Morgan fingerprint density at radius 3 is 2.55 bits per heavy atom. The monoisotopic (exact) mass is 408 g/mol. The molecule has 2 heterocycles. The highest BCUT2D eigenvalue weighted by atomic mass is 35.5. The number of nitrogens with one attached hydrogen (secondary N) is 1. The quantitative estimate of drug-likeness (QED) is 0.753. The maximum absolute atomic E-state index is 13.7. The lowest BCUT2D eigenvalue weighted by atomic mass is 9.73. The van der Waals surface area contributed by atoms with Gasteiger partial charge < -0.3 is 4.74 Å². The zero-order valence-electron chi connectivity index (χ0n) is 16.4. The van der Waals surface area contributed by atoms with E-state index in [-0.39, 0.29) is 12.0 Å². The van der Waals surface area contributed by atoms with Crippen LogP contribution in [-0.4, -0.2) is 35.9 Å². The summed E-state index contributed by atoms with van der Waals surface area (Å²) in [6.45, 7) is 1.27. The van der Waals surface area contributed by atoms with Crippen LogP contribution in [0.25, 0.3) is 11.1 Å². The van der Waals surface area contributed by atoms with Crippen LogP contribution in [0.3, 0.4) is 0 Å². The number of hydrogen-bond donors (Lipinski definition) is 1. The van der Waals surface area contributed by atoms with E-state index in [4.69, 9.17) is 21.7 Å². The van der Waals surface area contributed by atoms with E-state index in [1.165, 1.54) is 0 Å². The summed E-state index contributed by atoms with van der Waals surface area (Å²) in [6, 6.07) is 16.1. The molecule has 2 aliphatic heterocycles. The molecule has 1 saturated carbocycles. The number of halogens is 1. The zero-order chi connectivity index (χ0) is 20.0. The summed E-state index contributed by atoms with van der Waals surface area (Å²) in [5.74, 6) is 0.841. The second kappa shape index (κ2) is 7.26. The predicted octanol–water partition coefficient (Wildman–Crippen LogP) is 5.04. The number of rotatable bonds is 5. The van der Waals surface area contributed by atoms with Crippen LogP contribution in [0.5, 0.6) is 0 Å². The van der Waals surface area contributed by atoms with Crippen molar-refractivity contribution in [3.05, 3.63) is 59.1 Å². The van der Waals surface area contributed by atoms with Gasteiger partial charge in [-0.15, -0.1) is 0 Å². The SMILES string of the molecule is N=C1CC(c2cccc(-c3cccc(Cl)c3)c2)(C2CC2)C(=O)N1CC1CCCO1. The molecule has 0 bridgehead atoms. The van der Waals surface area contributed by atoms with Gasteiger partial charge in [0.15, 0.2) is 0 Å². The summed E-state index contributed by atoms with van der Waals surface area (Å²) in [6.07, 6.45) is 4.66. The predicted molar refractivity (Wildman–Crippen MR) is 114 cm³/mol. The normalized spacial score (nSPS) is 27.1. The minimum atomic E-state index is -0.607.